The molecule has 0 spiro atoms. The molecular formula is C15H18O5. The van der Waals surface area contributed by atoms with Gasteiger partial charge in [0.1, 0.15) is 11.7 Å². The van der Waals surface area contributed by atoms with E-state index in [1.54, 1.807) is 0 Å². The van der Waals surface area contributed by atoms with Crippen LogP contribution in [0.4, 0.5) is 0 Å². The molecule has 0 aliphatic rings. The minimum atomic E-state index is -0.688. The van der Waals surface area contributed by atoms with Crippen LogP contribution in [0.2, 0.25) is 0 Å². The molecule has 0 aromatic heterocycles. The van der Waals surface area contributed by atoms with Crippen LogP contribution in [0.1, 0.15) is 5.56 Å². The summed E-state index contributed by atoms with van der Waals surface area (Å²) in [7, 11) is 3.96. The molecule has 1 rings (SSSR count). The second kappa shape index (κ2) is 7.99. The average Bonchev–Trinajstić information content (AvgIpc) is 2.50. The number of esters is 2. The Morgan fingerprint density at radius 3 is 2.20 bits per heavy atom. The van der Waals surface area contributed by atoms with Crippen molar-refractivity contribution in [2.75, 3.05) is 21.3 Å². The molecule has 1 aromatic rings. The summed E-state index contributed by atoms with van der Waals surface area (Å²) in [5, 5.41) is 0. The number of hydrogen-bond acceptors (Lipinski definition) is 5. The Hall–Kier alpha value is -2.30. The van der Waals surface area contributed by atoms with Gasteiger partial charge >= 0.3 is 11.9 Å². The van der Waals surface area contributed by atoms with Gasteiger partial charge in [0.05, 0.1) is 27.4 Å². The largest absolute Gasteiger partial charge is 0.500 e. The fourth-order valence-electron chi connectivity index (χ4n) is 1.77. The molecule has 1 atom stereocenters. The Labute approximate surface area is 118 Å². The SMILES string of the molecule is COC(=O)/C=C(/OC)C(Cc1ccccc1)C(=O)OC. The van der Waals surface area contributed by atoms with Crippen LogP contribution in [0, 0.1) is 5.92 Å². The molecule has 0 radical (unpaired) electrons. The van der Waals surface area contributed by atoms with Crippen LogP contribution in [0.5, 0.6) is 0 Å². The van der Waals surface area contributed by atoms with E-state index >= 15 is 0 Å². The first-order valence-electron chi connectivity index (χ1n) is 6.07. The number of carbonyl (C=O) groups excluding carboxylic acids is 2. The van der Waals surface area contributed by atoms with E-state index in [-0.39, 0.29) is 5.76 Å². The van der Waals surface area contributed by atoms with E-state index in [0.717, 1.165) is 11.6 Å². The summed E-state index contributed by atoms with van der Waals surface area (Å²) in [5.41, 5.74) is 0.940. The molecule has 0 bridgehead atoms. The maximum absolute atomic E-state index is 11.9. The second-order valence-corrected chi connectivity index (χ2v) is 4.04. The van der Waals surface area contributed by atoms with Crippen LogP contribution >= 0.6 is 0 Å². The zero-order chi connectivity index (χ0) is 15.0. The molecule has 0 N–H and O–H groups in total. The lowest BCUT2D eigenvalue weighted by molar-refractivity contribution is -0.145. The second-order valence-electron chi connectivity index (χ2n) is 4.04. The Bertz CT molecular complexity index is 478. The lowest BCUT2D eigenvalue weighted by Crippen LogP contribution is -2.23. The van der Waals surface area contributed by atoms with Gasteiger partial charge < -0.3 is 14.2 Å². The van der Waals surface area contributed by atoms with Gasteiger partial charge in [0.15, 0.2) is 0 Å². The zero-order valence-electron chi connectivity index (χ0n) is 11.8. The molecule has 0 fully saturated rings. The number of benzene rings is 1. The summed E-state index contributed by atoms with van der Waals surface area (Å²) in [4.78, 5) is 23.2. The van der Waals surface area contributed by atoms with E-state index in [1.165, 1.54) is 21.3 Å². The van der Waals surface area contributed by atoms with Crippen LogP contribution in [0.25, 0.3) is 0 Å². The predicted octanol–water partition coefficient (Wildman–Crippen LogP) is 1.72. The summed E-state index contributed by atoms with van der Waals surface area (Å²) < 4.78 is 14.5. The molecule has 0 aliphatic heterocycles. The van der Waals surface area contributed by atoms with Crippen molar-refractivity contribution >= 4 is 11.9 Å². The normalized spacial score (nSPS) is 12.4. The highest BCUT2D eigenvalue weighted by Gasteiger charge is 2.26. The van der Waals surface area contributed by atoms with E-state index in [0.29, 0.717) is 6.42 Å². The van der Waals surface area contributed by atoms with Gasteiger partial charge in [-0.05, 0) is 12.0 Å². The van der Waals surface area contributed by atoms with Gasteiger partial charge in [0.2, 0.25) is 0 Å². The Morgan fingerprint density at radius 1 is 1.05 bits per heavy atom. The molecular weight excluding hydrogens is 260 g/mol. The third-order valence-corrected chi connectivity index (χ3v) is 2.81. The smallest absolute Gasteiger partial charge is 0.333 e. The van der Waals surface area contributed by atoms with Gasteiger partial charge in [-0.3, -0.25) is 4.79 Å². The van der Waals surface area contributed by atoms with Gasteiger partial charge in [-0.25, -0.2) is 4.79 Å². The Morgan fingerprint density at radius 2 is 1.70 bits per heavy atom. The number of methoxy groups -OCH3 is 3. The predicted molar refractivity (Wildman–Crippen MR) is 72.8 cm³/mol. The Balaban J connectivity index is 3.02. The average molecular weight is 278 g/mol. The minimum Gasteiger partial charge on any atom is -0.500 e. The zero-order valence-corrected chi connectivity index (χ0v) is 11.8. The maximum atomic E-state index is 11.9. The summed E-state index contributed by atoms with van der Waals surface area (Å²) in [6, 6.07) is 9.42. The van der Waals surface area contributed by atoms with Crippen LogP contribution in [0.3, 0.4) is 0 Å². The number of carbonyl (C=O) groups is 2. The van der Waals surface area contributed by atoms with Gasteiger partial charge in [0.25, 0.3) is 0 Å². The van der Waals surface area contributed by atoms with E-state index in [2.05, 4.69) is 4.74 Å². The lowest BCUT2D eigenvalue weighted by atomic mass is 9.97. The van der Waals surface area contributed by atoms with Crippen molar-refractivity contribution in [3.8, 4) is 0 Å². The van der Waals surface area contributed by atoms with Crippen molar-refractivity contribution in [2.24, 2.45) is 5.92 Å². The summed E-state index contributed by atoms with van der Waals surface area (Å²) in [6.45, 7) is 0. The monoisotopic (exact) mass is 278 g/mol. The molecule has 108 valence electrons. The molecule has 20 heavy (non-hydrogen) atoms. The fourth-order valence-corrected chi connectivity index (χ4v) is 1.77. The molecule has 5 nitrogen and oxygen atoms in total. The topological polar surface area (TPSA) is 61.8 Å². The van der Waals surface area contributed by atoms with Crippen LogP contribution in [-0.2, 0) is 30.2 Å². The molecule has 0 heterocycles. The molecule has 5 heteroatoms. The van der Waals surface area contributed by atoms with Crippen molar-refractivity contribution in [2.45, 2.75) is 6.42 Å². The third kappa shape index (κ3) is 4.42. The first-order valence-corrected chi connectivity index (χ1v) is 6.07. The maximum Gasteiger partial charge on any atom is 0.333 e. The Kier molecular flexibility index (Phi) is 6.29. The number of rotatable bonds is 6. The van der Waals surface area contributed by atoms with Crippen LogP contribution in [0.15, 0.2) is 42.2 Å². The highest BCUT2D eigenvalue weighted by Crippen LogP contribution is 2.19. The third-order valence-electron chi connectivity index (χ3n) is 2.81. The molecule has 1 aromatic carbocycles. The summed E-state index contributed by atoms with van der Waals surface area (Å²) in [6.07, 6.45) is 1.54. The van der Waals surface area contributed by atoms with E-state index in [9.17, 15) is 9.59 Å². The molecule has 0 saturated heterocycles. The molecule has 1 unspecified atom stereocenters. The first-order chi connectivity index (χ1) is 9.62. The van der Waals surface area contributed by atoms with E-state index in [4.69, 9.17) is 9.47 Å². The van der Waals surface area contributed by atoms with Crippen LogP contribution in [-0.4, -0.2) is 33.3 Å². The molecule has 0 aliphatic carbocycles. The van der Waals surface area contributed by atoms with Crippen LogP contribution < -0.4 is 0 Å². The van der Waals surface area contributed by atoms with E-state index in [1.807, 2.05) is 30.3 Å². The molecule has 0 saturated carbocycles. The fraction of sp³-hybridized carbons (Fsp3) is 0.333. The summed E-state index contributed by atoms with van der Waals surface area (Å²) >= 11 is 0. The van der Waals surface area contributed by atoms with E-state index < -0.39 is 17.9 Å². The van der Waals surface area contributed by atoms with Crippen molar-refractivity contribution < 1.29 is 23.8 Å². The number of hydrogen-bond donors (Lipinski definition) is 0. The van der Waals surface area contributed by atoms with Crippen molar-refractivity contribution in [1.29, 1.82) is 0 Å². The summed E-state index contributed by atoms with van der Waals surface area (Å²) in [5.74, 6) is -1.52. The standard InChI is InChI=1S/C15H18O5/c1-18-13(10-14(16)19-2)12(15(17)20-3)9-11-7-5-4-6-8-11/h4-8,10,12H,9H2,1-3H3/b13-10+. The highest BCUT2D eigenvalue weighted by atomic mass is 16.5. The van der Waals surface area contributed by atoms with Gasteiger partial charge in [-0.1, -0.05) is 30.3 Å². The highest BCUT2D eigenvalue weighted by molar-refractivity contribution is 5.84. The minimum absolute atomic E-state index is 0.215. The quantitative estimate of drug-likeness (QED) is 0.450. The van der Waals surface area contributed by atoms with Gasteiger partial charge in [-0.15, -0.1) is 0 Å². The number of ether oxygens (including phenoxy) is 3. The lowest BCUT2D eigenvalue weighted by Gasteiger charge is -2.17. The molecule has 0 amide bonds. The van der Waals surface area contributed by atoms with Crippen molar-refractivity contribution in [3.63, 3.8) is 0 Å². The van der Waals surface area contributed by atoms with Crippen molar-refractivity contribution in [1.82, 2.24) is 0 Å². The van der Waals surface area contributed by atoms with Crippen molar-refractivity contribution in [3.05, 3.63) is 47.7 Å². The van der Waals surface area contributed by atoms with Gasteiger partial charge in [-0.2, -0.15) is 0 Å². The van der Waals surface area contributed by atoms with Gasteiger partial charge in [0, 0.05) is 0 Å². The first kappa shape index (κ1) is 15.8.